The van der Waals surface area contributed by atoms with Crippen LogP contribution in [0.4, 0.5) is 0 Å². The third kappa shape index (κ3) is 1.77. The molecule has 0 aromatic heterocycles. The van der Waals surface area contributed by atoms with Gasteiger partial charge in [0, 0.05) is 22.1 Å². The molecule has 1 aromatic carbocycles. The maximum atomic E-state index is 9.33. The van der Waals surface area contributed by atoms with Crippen LogP contribution in [0, 0.1) is 0 Å². The molecule has 1 N–H and O–H groups in total. The summed E-state index contributed by atoms with van der Waals surface area (Å²) in [7, 11) is 0. The van der Waals surface area contributed by atoms with Gasteiger partial charge in [0.25, 0.3) is 0 Å². The minimum atomic E-state index is -0.386. The van der Waals surface area contributed by atoms with Crippen LogP contribution in [0.2, 0.25) is 5.02 Å². The lowest BCUT2D eigenvalue weighted by Crippen LogP contribution is -2.22. The molecule has 4 heteroatoms. The van der Waals surface area contributed by atoms with Crippen LogP contribution < -0.4 is 9.47 Å². The first-order valence-corrected chi connectivity index (χ1v) is 5.13. The quantitative estimate of drug-likeness (QED) is 0.845. The second-order valence-electron chi connectivity index (χ2n) is 4.23. The maximum Gasteiger partial charge on any atom is 0.231 e. The molecule has 0 unspecified atom stereocenters. The number of benzene rings is 1. The largest absolute Gasteiger partial charge is 0.454 e. The van der Waals surface area contributed by atoms with E-state index in [1.165, 1.54) is 0 Å². The molecule has 0 saturated heterocycles. The zero-order valence-electron chi connectivity index (χ0n) is 8.71. The molecule has 2 rings (SSSR count). The van der Waals surface area contributed by atoms with Crippen molar-refractivity contribution in [1.82, 2.24) is 0 Å². The van der Waals surface area contributed by atoms with E-state index in [9.17, 15) is 5.11 Å². The second kappa shape index (κ2) is 3.58. The molecule has 0 fully saturated rings. The normalized spacial score (nSPS) is 14.4. The minimum Gasteiger partial charge on any atom is -0.454 e. The Morgan fingerprint density at radius 3 is 2.80 bits per heavy atom. The highest BCUT2D eigenvalue weighted by Crippen LogP contribution is 2.43. The van der Waals surface area contributed by atoms with Gasteiger partial charge in [-0.25, -0.2) is 0 Å². The number of rotatable bonds is 2. The number of ether oxygens (including phenoxy) is 2. The molecule has 15 heavy (non-hydrogen) atoms. The van der Waals surface area contributed by atoms with Gasteiger partial charge in [0.05, 0.1) is 6.61 Å². The Balaban J connectivity index is 2.56. The van der Waals surface area contributed by atoms with Crippen LogP contribution >= 0.6 is 11.6 Å². The predicted molar refractivity (Wildman–Crippen MR) is 57.7 cm³/mol. The second-order valence-corrected chi connectivity index (χ2v) is 4.67. The number of aliphatic hydroxyl groups is 1. The molecule has 3 nitrogen and oxygen atoms in total. The van der Waals surface area contributed by atoms with Crippen LogP contribution in [0.1, 0.15) is 19.4 Å². The van der Waals surface area contributed by atoms with Gasteiger partial charge < -0.3 is 14.6 Å². The summed E-state index contributed by atoms with van der Waals surface area (Å²) in [4.78, 5) is 0. The van der Waals surface area contributed by atoms with Crippen molar-refractivity contribution < 1.29 is 14.6 Å². The highest BCUT2D eigenvalue weighted by Gasteiger charge is 2.29. The third-order valence-corrected chi connectivity index (χ3v) is 2.78. The number of aliphatic hydroxyl groups excluding tert-OH is 1. The first kappa shape index (κ1) is 10.6. The fourth-order valence-corrected chi connectivity index (χ4v) is 1.77. The van der Waals surface area contributed by atoms with E-state index in [1.54, 1.807) is 6.07 Å². The van der Waals surface area contributed by atoms with Gasteiger partial charge in [-0.05, 0) is 6.07 Å². The first-order chi connectivity index (χ1) is 7.04. The SMILES string of the molecule is CC(C)(CO)c1cc(Cl)cc2c1OCO2. The maximum absolute atomic E-state index is 9.33. The summed E-state index contributed by atoms with van der Waals surface area (Å²) in [5.74, 6) is 1.34. The van der Waals surface area contributed by atoms with Gasteiger partial charge in [-0.15, -0.1) is 0 Å². The molecule has 0 aliphatic carbocycles. The van der Waals surface area contributed by atoms with Crippen molar-refractivity contribution in [3.8, 4) is 11.5 Å². The average molecular weight is 229 g/mol. The molecule has 1 aliphatic rings. The minimum absolute atomic E-state index is 0.0309. The molecule has 1 heterocycles. The Labute approximate surface area is 93.6 Å². The van der Waals surface area contributed by atoms with Crippen LogP contribution in [-0.2, 0) is 5.41 Å². The Bertz CT molecular complexity index is 388. The van der Waals surface area contributed by atoms with Crippen LogP contribution in [0.3, 0.4) is 0 Å². The van der Waals surface area contributed by atoms with Crippen molar-refractivity contribution in [2.45, 2.75) is 19.3 Å². The van der Waals surface area contributed by atoms with Gasteiger partial charge in [-0.1, -0.05) is 25.4 Å². The number of hydrogen-bond donors (Lipinski definition) is 1. The molecule has 0 radical (unpaired) electrons. The van der Waals surface area contributed by atoms with Gasteiger partial charge in [0.1, 0.15) is 0 Å². The monoisotopic (exact) mass is 228 g/mol. The van der Waals surface area contributed by atoms with Gasteiger partial charge in [-0.2, -0.15) is 0 Å². The molecule has 0 saturated carbocycles. The van der Waals surface area contributed by atoms with Gasteiger partial charge in [0.15, 0.2) is 11.5 Å². The van der Waals surface area contributed by atoms with E-state index in [0.717, 1.165) is 5.56 Å². The molecule has 0 atom stereocenters. The highest BCUT2D eigenvalue weighted by molar-refractivity contribution is 6.30. The topological polar surface area (TPSA) is 38.7 Å². The fourth-order valence-electron chi connectivity index (χ4n) is 1.56. The smallest absolute Gasteiger partial charge is 0.231 e. The van der Waals surface area contributed by atoms with Crippen molar-refractivity contribution in [2.24, 2.45) is 0 Å². The highest BCUT2D eigenvalue weighted by atomic mass is 35.5. The molecule has 1 aromatic rings. The summed E-state index contributed by atoms with van der Waals surface area (Å²) in [5, 5.41) is 9.92. The van der Waals surface area contributed by atoms with Crippen molar-refractivity contribution in [3.05, 3.63) is 22.7 Å². The number of hydrogen-bond acceptors (Lipinski definition) is 3. The Morgan fingerprint density at radius 1 is 1.40 bits per heavy atom. The predicted octanol–water partition coefficient (Wildman–Crippen LogP) is 2.34. The van der Waals surface area contributed by atoms with E-state index >= 15 is 0 Å². The van der Waals surface area contributed by atoms with Crippen molar-refractivity contribution in [2.75, 3.05) is 13.4 Å². The van der Waals surface area contributed by atoms with Crippen molar-refractivity contribution in [3.63, 3.8) is 0 Å². The number of halogens is 1. The van der Waals surface area contributed by atoms with Crippen LogP contribution in [0.25, 0.3) is 0 Å². The lowest BCUT2D eigenvalue weighted by atomic mass is 9.85. The summed E-state index contributed by atoms with van der Waals surface area (Å²) in [6, 6.07) is 3.53. The van der Waals surface area contributed by atoms with E-state index in [1.807, 2.05) is 19.9 Å². The van der Waals surface area contributed by atoms with Crippen LogP contribution in [-0.4, -0.2) is 18.5 Å². The van der Waals surface area contributed by atoms with Crippen LogP contribution in [0.15, 0.2) is 12.1 Å². The van der Waals surface area contributed by atoms with E-state index in [2.05, 4.69) is 0 Å². The van der Waals surface area contributed by atoms with Gasteiger partial charge >= 0.3 is 0 Å². The van der Waals surface area contributed by atoms with Crippen LogP contribution in [0.5, 0.6) is 11.5 Å². The fraction of sp³-hybridized carbons (Fsp3) is 0.455. The Hall–Kier alpha value is -0.930. The first-order valence-electron chi connectivity index (χ1n) is 4.75. The molecular formula is C11H13ClO3. The summed E-state index contributed by atoms with van der Waals surface area (Å²) >= 11 is 5.97. The summed E-state index contributed by atoms with van der Waals surface area (Å²) in [5.41, 5.74) is 0.493. The Morgan fingerprint density at radius 2 is 2.13 bits per heavy atom. The summed E-state index contributed by atoms with van der Waals surface area (Å²) < 4.78 is 10.7. The lowest BCUT2D eigenvalue weighted by molar-refractivity contribution is 0.169. The zero-order chi connectivity index (χ0) is 11.1. The van der Waals surface area contributed by atoms with E-state index in [4.69, 9.17) is 21.1 Å². The molecule has 0 amide bonds. The standard InChI is InChI=1S/C11H13ClO3/c1-11(2,5-13)8-3-7(12)4-9-10(8)15-6-14-9/h3-4,13H,5-6H2,1-2H3. The lowest BCUT2D eigenvalue weighted by Gasteiger charge is -2.23. The van der Waals surface area contributed by atoms with E-state index in [-0.39, 0.29) is 18.8 Å². The van der Waals surface area contributed by atoms with E-state index < -0.39 is 0 Å². The summed E-state index contributed by atoms with van der Waals surface area (Å²) in [6.45, 7) is 4.11. The molecular weight excluding hydrogens is 216 g/mol. The third-order valence-electron chi connectivity index (χ3n) is 2.56. The molecule has 82 valence electrons. The Kier molecular flexibility index (Phi) is 2.52. The number of fused-ring (bicyclic) bond motifs is 1. The van der Waals surface area contributed by atoms with E-state index in [0.29, 0.717) is 16.5 Å². The summed E-state index contributed by atoms with van der Waals surface area (Å²) in [6.07, 6.45) is 0. The van der Waals surface area contributed by atoms with Gasteiger partial charge in [-0.3, -0.25) is 0 Å². The molecule has 1 aliphatic heterocycles. The zero-order valence-corrected chi connectivity index (χ0v) is 9.47. The van der Waals surface area contributed by atoms with Crippen molar-refractivity contribution >= 4 is 11.6 Å². The molecule has 0 bridgehead atoms. The van der Waals surface area contributed by atoms with Crippen molar-refractivity contribution in [1.29, 1.82) is 0 Å². The van der Waals surface area contributed by atoms with Gasteiger partial charge in [0.2, 0.25) is 6.79 Å². The average Bonchev–Trinajstić information content (AvgIpc) is 2.63. The molecule has 0 spiro atoms.